The zero-order valence-electron chi connectivity index (χ0n) is 10.8. The highest BCUT2D eigenvalue weighted by Crippen LogP contribution is 2.24. The van der Waals surface area contributed by atoms with Crippen LogP contribution in [0.5, 0.6) is 5.75 Å². The monoisotopic (exact) mass is 319 g/mol. The first kappa shape index (κ1) is 13.7. The Morgan fingerprint density at radius 2 is 2.11 bits per heavy atom. The fourth-order valence-electron chi connectivity index (χ4n) is 1.88. The molecular formula is C15H14BrNO2. The molecule has 0 unspecified atom stereocenters. The fourth-order valence-corrected chi connectivity index (χ4v) is 2.29. The quantitative estimate of drug-likeness (QED) is 0.808. The zero-order chi connectivity index (χ0) is 13.8. The summed E-state index contributed by atoms with van der Waals surface area (Å²) >= 11 is 3.41. The molecule has 0 atom stereocenters. The minimum Gasteiger partial charge on any atom is -0.496 e. The number of aryl methyl sites for hydroxylation is 1. The summed E-state index contributed by atoms with van der Waals surface area (Å²) in [6.07, 6.45) is 1.97. The maximum atomic E-state index is 12.2. The van der Waals surface area contributed by atoms with Gasteiger partial charge in [-0.2, -0.15) is 0 Å². The molecule has 1 aromatic carbocycles. The number of benzene rings is 1. The molecule has 0 saturated carbocycles. The van der Waals surface area contributed by atoms with Gasteiger partial charge in [0.1, 0.15) is 5.75 Å². The van der Waals surface area contributed by atoms with Gasteiger partial charge in [0, 0.05) is 33.9 Å². The third-order valence-corrected chi connectivity index (χ3v) is 3.31. The average molecular weight is 320 g/mol. The minimum atomic E-state index is 0.0573. The van der Waals surface area contributed by atoms with E-state index in [0.717, 1.165) is 21.5 Å². The number of ketones is 1. The van der Waals surface area contributed by atoms with Gasteiger partial charge in [0.15, 0.2) is 5.78 Å². The van der Waals surface area contributed by atoms with Crippen molar-refractivity contribution in [1.29, 1.82) is 0 Å². The van der Waals surface area contributed by atoms with Crippen LogP contribution in [0.1, 0.15) is 21.6 Å². The van der Waals surface area contributed by atoms with E-state index < -0.39 is 0 Å². The molecule has 0 amide bonds. The van der Waals surface area contributed by atoms with Crippen LogP contribution in [0.25, 0.3) is 0 Å². The smallest absolute Gasteiger partial charge is 0.167 e. The highest BCUT2D eigenvalue weighted by Gasteiger charge is 2.11. The number of pyridine rings is 1. The lowest BCUT2D eigenvalue weighted by Crippen LogP contribution is -2.05. The maximum Gasteiger partial charge on any atom is 0.167 e. The molecule has 1 aromatic heterocycles. The van der Waals surface area contributed by atoms with Crippen LogP contribution in [0.3, 0.4) is 0 Å². The van der Waals surface area contributed by atoms with Crippen molar-refractivity contribution in [2.75, 3.05) is 7.11 Å². The van der Waals surface area contributed by atoms with Gasteiger partial charge in [-0.25, -0.2) is 0 Å². The van der Waals surface area contributed by atoms with Gasteiger partial charge in [0.05, 0.1) is 7.11 Å². The lowest BCUT2D eigenvalue weighted by atomic mass is 10.0. The van der Waals surface area contributed by atoms with E-state index in [4.69, 9.17) is 4.74 Å². The molecule has 4 heteroatoms. The van der Waals surface area contributed by atoms with Crippen LogP contribution in [-0.2, 0) is 6.42 Å². The van der Waals surface area contributed by atoms with Crippen molar-refractivity contribution in [2.45, 2.75) is 13.3 Å². The average Bonchev–Trinajstić information content (AvgIpc) is 2.39. The largest absolute Gasteiger partial charge is 0.496 e. The van der Waals surface area contributed by atoms with Gasteiger partial charge >= 0.3 is 0 Å². The van der Waals surface area contributed by atoms with E-state index in [1.165, 1.54) is 0 Å². The number of hydrogen-bond acceptors (Lipinski definition) is 3. The van der Waals surface area contributed by atoms with Crippen molar-refractivity contribution in [3.63, 3.8) is 0 Å². The van der Waals surface area contributed by atoms with Gasteiger partial charge in [-0.05, 0) is 37.3 Å². The topological polar surface area (TPSA) is 39.2 Å². The van der Waals surface area contributed by atoms with E-state index in [0.29, 0.717) is 12.0 Å². The SMILES string of the molecule is COc1ccc(Br)cc1CC(=O)c1ccnc(C)c1. The summed E-state index contributed by atoms with van der Waals surface area (Å²) in [4.78, 5) is 16.3. The van der Waals surface area contributed by atoms with Gasteiger partial charge in [0.25, 0.3) is 0 Å². The first-order chi connectivity index (χ1) is 9.10. The lowest BCUT2D eigenvalue weighted by Gasteiger charge is -2.08. The van der Waals surface area contributed by atoms with Crippen molar-refractivity contribution >= 4 is 21.7 Å². The molecule has 0 aliphatic carbocycles. The van der Waals surface area contributed by atoms with Crippen LogP contribution in [0.2, 0.25) is 0 Å². The third kappa shape index (κ3) is 3.41. The van der Waals surface area contributed by atoms with Crippen molar-refractivity contribution < 1.29 is 9.53 Å². The van der Waals surface area contributed by atoms with E-state index in [9.17, 15) is 4.79 Å². The summed E-state index contributed by atoms with van der Waals surface area (Å²) < 4.78 is 6.21. The van der Waals surface area contributed by atoms with Gasteiger partial charge in [-0.3, -0.25) is 9.78 Å². The second-order valence-corrected chi connectivity index (χ2v) is 5.16. The van der Waals surface area contributed by atoms with Crippen molar-refractivity contribution in [3.05, 3.63) is 57.8 Å². The molecule has 19 heavy (non-hydrogen) atoms. The molecule has 3 nitrogen and oxygen atoms in total. The first-order valence-electron chi connectivity index (χ1n) is 5.88. The van der Waals surface area contributed by atoms with E-state index in [1.807, 2.05) is 25.1 Å². The maximum absolute atomic E-state index is 12.2. The molecular weight excluding hydrogens is 306 g/mol. The number of ether oxygens (including phenoxy) is 1. The van der Waals surface area contributed by atoms with Crippen LogP contribution < -0.4 is 4.74 Å². The number of halogens is 1. The molecule has 0 N–H and O–H groups in total. The van der Waals surface area contributed by atoms with Crippen LogP contribution in [0, 0.1) is 6.92 Å². The molecule has 98 valence electrons. The minimum absolute atomic E-state index is 0.0573. The van der Waals surface area contributed by atoms with Crippen LogP contribution in [0.4, 0.5) is 0 Å². The summed E-state index contributed by atoms with van der Waals surface area (Å²) in [6.45, 7) is 1.87. The lowest BCUT2D eigenvalue weighted by molar-refractivity contribution is 0.0992. The fraction of sp³-hybridized carbons (Fsp3) is 0.200. The second kappa shape index (κ2) is 5.97. The summed E-state index contributed by atoms with van der Waals surface area (Å²) in [5.41, 5.74) is 2.39. The van der Waals surface area contributed by atoms with E-state index in [-0.39, 0.29) is 5.78 Å². The van der Waals surface area contributed by atoms with Gasteiger partial charge in [0.2, 0.25) is 0 Å². The highest BCUT2D eigenvalue weighted by molar-refractivity contribution is 9.10. The number of nitrogens with zero attached hydrogens (tertiary/aromatic N) is 1. The molecule has 0 saturated heterocycles. The zero-order valence-corrected chi connectivity index (χ0v) is 12.4. The predicted octanol–water partition coefficient (Wildman–Crippen LogP) is 3.59. The molecule has 0 bridgehead atoms. The number of methoxy groups -OCH3 is 1. The Kier molecular flexibility index (Phi) is 4.32. The van der Waals surface area contributed by atoms with Gasteiger partial charge < -0.3 is 4.74 Å². The molecule has 1 heterocycles. The van der Waals surface area contributed by atoms with Crippen LogP contribution in [0.15, 0.2) is 41.0 Å². The number of aromatic nitrogens is 1. The van der Waals surface area contributed by atoms with E-state index >= 15 is 0 Å². The number of rotatable bonds is 4. The van der Waals surface area contributed by atoms with Gasteiger partial charge in [-0.1, -0.05) is 15.9 Å². The Hall–Kier alpha value is -1.68. The van der Waals surface area contributed by atoms with E-state index in [2.05, 4.69) is 20.9 Å². The number of Topliss-reactive ketones (excluding diaryl/α,β-unsaturated/α-hetero) is 1. The Balaban J connectivity index is 2.26. The Bertz CT molecular complexity index is 611. The number of carbonyl (C=O) groups excluding carboxylic acids is 1. The highest BCUT2D eigenvalue weighted by atomic mass is 79.9. The molecule has 0 radical (unpaired) electrons. The summed E-state index contributed by atoms with van der Waals surface area (Å²) in [7, 11) is 1.60. The number of carbonyl (C=O) groups is 1. The van der Waals surface area contributed by atoms with E-state index in [1.54, 1.807) is 25.4 Å². The van der Waals surface area contributed by atoms with Gasteiger partial charge in [-0.15, -0.1) is 0 Å². The van der Waals surface area contributed by atoms with Crippen LogP contribution >= 0.6 is 15.9 Å². The predicted molar refractivity (Wildman–Crippen MR) is 77.7 cm³/mol. The molecule has 0 fully saturated rings. The van der Waals surface area contributed by atoms with Crippen molar-refractivity contribution in [2.24, 2.45) is 0 Å². The molecule has 2 rings (SSSR count). The number of hydrogen-bond donors (Lipinski definition) is 0. The summed E-state index contributed by atoms with van der Waals surface area (Å²) in [5.74, 6) is 0.782. The van der Waals surface area contributed by atoms with Crippen molar-refractivity contribution in [1.82, 2.24) is 4.98 Å². The molecule has 2 aromatic rings. The molecule has 0 spiro atoms. The normalized spacial score (nSPS) is 10.3. The van der Waals surface area contributed by atoms with Crippen LogP contribution in [-0.4, -0.2) is 17.9 Å². The second-order valence-electron chi connectivity index (χ2n) is 4.24. The third-order valence-electron chi connectivity index (χ3n) is 2.81. The summed E-state index contributed by atoms with van der Waals surface area (Å²) in [6, 6.07) is 9.19. The Morgan fingerprint density at radius 1 is 1.32 bits per heavy atom. The molecule has 0 aliphatic heterocycles. The first-order valence-corrected chi connectivity index (χ1v) is 6.67. The molecule has 0 aliphatic rings. The Labute approximate surface area is 120 Å². The van der Waals surface area contributed by atoms with Crippen molar-refractivity contribution in [3.8, 4) is 5.75 Å². The standard InChI is InChI=1S/C15H14BrNO2/c1-10-7-11(5-6-17-10)14(18)9-12-8-13(16)3-4-15(12)19-2/h3-8H,9H2,1-2H3. The summed E-state index contributed by atoms with van der Waals surface area (Å²) in [5, 5.41) is 0. The Morgan fingerprint density at radius 3 is 2.79 bits per heavy atom.